The summed E-state index contributed by atoms with van der Waals surface area (Å²) < 4.78 is 0. The lowest BCUT2D eigenvalue weighted by molar-refractivity contribution is -0.132. The van der Waals surface area contributed by atoms with Crippen LogP contribution in [-0.4, -0.2) is 46.9 Å². The van der Waals surface area contributed by atoms with Gasteiger partial charge in [-0.2, -0.15) is 11.8 Å². The van der Waals surface area contributed by atoms with E-state index in [1.807, 2.05) is 35.8 Å². The summed E-state index contributed by atoms with van der Waals surface area (Å²) in [5, 5.41) is 3.41. The van der Waals surface area contributed by atoms with Crippen LogP contribution < -0.4 is 5.32 Å². The molecule has 1 N–H and O–H groups in total. The van der Waals surface area contributed by atoms with Gasteiger partial charge in [-0.25, -0.2) is 0 Å². The zero-order valence-corrected chi connectivity index (χ0v) is 12.3. The van der Waals surface area contributed by atoms with Crippen molar-refractivity contribution in [3.05, 3.63) is 30.1 Å². The van der Waals surface area contributed by atoms with E-state index >= 15 is 0 Å². The quantitative estimate of drug-likeness (QED) is 0.911. The van der Waals surface area contributed by atoms with Gasteiger partial charge in [0.15, 0.2) is 0 Å². The lowest BCUT2D eigenvalue weighted by Crippen LogP contribution is -2.42. The molecule has 1 fully saturated rings. The summed E-state index contributed by atoms with van der Waals surface area (Å²) in [7, 11) is 1.88. The maximum Gasteiger partial charge on any atom is 0.224 e. The van der Waals surface area contributed by atoms with Crippen molar-refractivity contribution in [1.82, 2.24) is 15.2 Å². The van der Waals surface area contributed by atoms with E-state index in [2.05, 4.69) is 17.2 Å². The van der Waals surface area contributed by atoms with E-state index < -0.39 is 0 Å². The Bertz CT molecular complexity index is 406. The van der Waals surface area contributed by atoms with Crippen LogP contribution in [0.25, 0.3) is 0 Å². The molecule has 1 aliphatic heterocycles. The van der Waals surface area contributed by atoms with Crippen LogP contribution in [0.5, 0.6) is 0 Å². The normalized spacial score (nSPS) is 20.8. The Balaban J connectivity index is 1.91. The second-order valence-electron chi connectivity index (χ2n) is 4.89. The third kappa shape index (κ3) is 3.94. The fourth-order valence-corrected chi connectivity index (χ4v) is 3.14. The van der Waals surface area contributed by atoms with E-state index in [0.717, 1.165) is 23.6 Å². The minimum Gasteiger partial charge on any atom is -0.339 e. The number of carbonyl (C=O) groups excluding carboxylic acids is 1. The summed E-state index contributed by atoms with van der Waals surface area (Å²) in [6.07, 6.45) is 4.12. The van der Waals surface area contributed by atoms with Crippen LogP contribution in [0, 0.1) is 0 Å². The van der Waals surface area contributed by atoms with Crippen molar-refractivity contribution in [1.29, 1.82) is 0 Å². The molecule has 5 heteroatoms. The topological polar surface area (TPSA) is 45.2 Å². The maximum atomic E-state index is 12.3. The van der Waals surface area contributed by atoms with Gasteiger partial charge in [0.25, 0.3) is 0 Å². The monoisotopic (exact) mass is 279 g/mol. The van der Waals surface area contributed by atoms with Crippen molar-refractivity contribution in [2.24, 2.45) is 0 Å². The second-order valence-corrected chi connectivity index (χ2v) is 6.04. The number of hydrogen-bond donors (Lipinski definition) is 1. The number of rotatable bonds is 4. The zero-order valence-electron chi connectivity index (χ0n) is 11.5. The summed E-state index contributed by atoms with van der Waals surface area (Å²) in [5.74, 6) is 2.38. The lowest BCUT2D eigenvalue weighted by atomic mass is 10.1. The fraction of sp³-hybridized carbons (Fsp3) is 0.571. The highest BCUT2D eigenvalue weighted by Crippen LogP contribution is 2.19. The molecule has 1 aromatic heterocycles. The Morgan fingerprint density at radius 2 is 2.32 bits per heavy atom. The summed E-state index contributed by atoms with van der Waals surface area (Å²) in [6.45, 7) is 3.06. The van der Waals surface area contributed by atoms with Crippen LogP contribution in [0.2, 0.25) is 0 Å². The van der Waals surface area contributed by atoms with Gasteiger partial charge in [-0.3, -0.25) is 9.78 Å². The van der Waals surface area contributed by atoms with Gasteiger partial charge in [0.05, 0.1) is 6.04 Å². The highest BCUT2D eigenvalue weighted by atomic mass is 32.2. The molecule has 4 nitrogen and oxygen atoms in total. The fourth-order valence-electron chi connectivity index (χ4n) is 2.19. The zero-order chi connectivity index (χ0) is 13.7. The summed E-state index contributed by atoms with van der Waals surface area (Å²) in [5.41, 5.74) is 1.12. The number of nitrogens with one attached hydrogen (secondary N) is 1. The third-order valence-corrected chi connectivity index (χ3v) is 4.71. The van der Waals surface area contributed by atoms with Gasteiger partial charge < -0.3 is 10.2 Å². The standard InChI is InChI=1S/C14H21N3OS/c1-11(12-3-5-15-6-4-12)17(2)14(18)9-13-10-19-8-7-16-13/h3-6,11,13,16H,7-10H2,1-2H3. The van der Waals surface area contributed by atoms with Crippen molar-refractivity contribution in [3.8, 4) is 0 Å². The van der Waals surface area contributed by atoms with E-state index in [-0.39, 0.29) is 11.9 Å². The molecule has 2 unspecified atom stereocenters. The molecule has 2 rings (SSSR count). The molecule has 0 aromatic carbocycles. The van der Waals surface area contributed by atoms with Crippen LogP contribution in [0.3, 0.4) is 0 Å². The SMILES string of the molecule is CC(c1ccncc1)N(C)C(=O)CC1CSCCN1. The summed E-state index contributed by atoms with van der Waals surface area (Å²) in [4.78, 5) is 18.1. The van der Waals surface area contributed by atoms with Gasteiger partial charge in [0, 0.05) is 50.0 Å². The Kier molecular flexibility index (Phi) is 5.22. The first-order valence-corrected chi connectivity index (χ1v) is 7.80. The first-order valence-electron chi connectivity index (χ1n) is 6.65. The summed E-state index contributed by atoms with van der Waals surface area (Å²) in [6, 6.07) is 4.33. The van der Waals surface area contributed by atoms with Crippen LogP contribution in [0.4, 0.5) is 0 Å². The largest absolute Gasteiger partial charge is 0.339 e. The average molecular weight is 279 g/mol. The molecule has 0 bridgehead atoms. The first kappa shape index (κ1) is 14.3. The Morgan fingerprint density at radius 1 is 1.58 bits per heavy atom. The molecule has 1 aromatic rings. The molecule has 0 aliphatic carbocycles. The molecule has 2 heterocycles. The number of thioether (sulfide) groups is 1. The minimum atomic E-state index is 0.0896. The van der Waals surface area contributed by atoms with Crippen LogP contribution in [-0.2, 0) is 4.79 Å². The van der Waals surface area contributed by atoms with Crippen LogP contribution in [0.1, 0.15) is 24.9 Å². The molecule has 19 heavy (non-hydrogen) atoms. The van der Waals surface area contributed by atoms with Gasteiger partial charge >= 0.3 is 0 Å². The van der Waals surface area contributed by atoms with E-state index in [1.165, 1.54) is 0 Å². The van der Waals surface area contributed by atoms with E-state index in [4.69, 9.17) is 0 Å². The molecule has 0 spiro atoms. The van der Waals surface area contributed by atoms with Crippen molar-refractivity contribution in [3.63, 3.8) is 0 Å². The summed E-state index contributed by atoms with van der Waals surface area (Å²) >= 11 is 1.92. The number of hydrogen-bond acceptors (Lipinski definition) is 4. The van der Waals surface area contributed by atoms with E-state index in [0.29, 0.717) is 12.5 Å². The minimum absolute atomic E-state index is 0.0896. The Labute approximate surface area is 119 Å². The Hall–Kier alpha value is -1.07. The number of carbonyl (C=O) groups is 1. The van der Waals surface area contributed by atoms with Gasteiger partial charge in [-0.05, 0) is 24.6 Å². The lowest BCUT2D eigenvalue weighted by Gasteiger charge is -2.29. The van der Waals surface area contributed by atoms with Crippen molar-refractivity contribution >= 4 is 17.7 Å². The van der Waals surface area contributed by atoms with Gasteiger partial charge in [-0.15, -0.1) is 0 Å². The van der Waals surface area contributed by atoms with Crippen molar-refractivity contribution in [2.45, 2.75) is 25.4 Å². The van der Waals surface area contributed by atoms with E-state index in [9.17, 15) is 4.79 Å². The number of amides is 1. The first-order chi connectivity index (χ1) is 9.18. The molecular formula is C14H21N3OS. The van der Waals surface area contributed by atoms with E-state index in [1.54, 1.807) is 12.4 Å². The predicted octanol–water partition coefficient (Wildman–Crippen LogP) is 1.70. The molecule has 1 saturated heterocycles. The average Bonchev–Trinajstić information content (AvgIpc) is 2.47. The molecular weight excluding hydrogens is 258 g/mol. The molecule has 1 aliphatic rings. The van der Waals surface area contributed by atoms with Gasteiger partial charge in [0.2, 0.25) is 5.91 Å². The number of pyridine rings is 1. The molecule has 0 saturated carbocycles. The Morgan fingerprint density at radius 3 is 2.95 bits per heavy atom. The smallest absolute Gasteiger partial charge is 0.224 e. The number of nitrogens with zero attached hydrogens (tertiary/aromatic N) is 2. The van der Waals surface area contributed by atoms with Gasteiger partial charge in [0.1, 0.15) is 0 Å². The highest BCUT2D eigenvalue weighted by Gasteiger charge is 2.22. The second kappa shape index (κ2) is 6.91. The molecule has 2 atom stereocenters. The van der Waals surface area contributed by atoms with Gasteiger partial charge in [-0.1, -0.05) is 0 Å². The van der Waals surface area contributed by atoms with Crippen molar-refractivity contribution < 1.29 is 4.79 Å². The maximum absolute atomic E-state index is 12.3. The number of aromatic nitrogens is 1. The third-order valence-electron chi connectivity index (χ3n) is 3.58. The van der Waals surface area contributed by atoms with Crippen molar-refractivity contribution in [2.75, 3.05) is 25.1 Å². The predicted molar refractivity (Wildman–Crippen MR) is 79.2 cm³/mol. The highest BCUT2D eigenvalue weighted by molar-refractivity contribution is 7.99. The molecule has 0 radical (unpaired) electrons. The van der Waals surface area contributed by atoms with Crippen LogP contribution in [0.15, 0.2) is 24.5 Å². The molecule has 104 valence electrons. The van der Waals surface area contributed by atoms with Crippen LogP contribution >= 0.6 is 11.8 Å². The molecule has 1 amide bonds.